The topological polar surface area (TPSA) is 108 Å². The lowest BCUT2D eigenvalue weighted by atomic mass is 10.0. The number of quaternary nitrogens is 1. The third-order valence-corrected chi connectivity index (χ3v) is 15.9. The average Bonchev–Trinajstić information content (AvgIpc) is 3.35. The van der Waals surface area contributed by atoms with Crippen LogP contribution in [0.2, 0.25) is 0 Å². The van der Waals surface area contributed by atoms with Crippen LogP contribution in [0, 0.1) is 0 Å². The van der Waals surface area contributed by atoms with Crippen molar-refractivity contribution in [1.82, 2.24) is 5.32 Å². The van der Waals surface area contributed by atoms with Gasteiger partial charge in [-0.3, -0.25) is 9.36 Å². The molecule has 2 N–H and O–H groups in total. The van der Waals surface area contributed by atoms with E-state index < -0.39 is 20.0 Å². The van der Waals surface area contributed by atoms with Crippen LogP contribution < -0.4 is 10.2 Å². The zero-order chi connectivity index (χ0) is 53.5. The number of carbonyl (C=O) groups excluding carboxylic acids is 1. The van der Waals surface area contributed by atoms with Crippen LogP contribution in [0.4, 0.5) is 0 Å². The average molecular weight is 1050 g/mol. The molecule has 0 aromatic carbocycles. The van der Waals surface area contributed by atoms with Gasteiger partial charge in [-0.25, -0.2) is 0 Å². The molecule has 8 nitrogen and oxygen atoms in total. The van der Waals surface area contributed by atoms with E-state index >= 15 is 0 Å². The number of likely N-dealkylation sites (N-methyl/N-ethyl adjacent to an activating group) is 1. The van der Waals surface area contributed by atoms with Crippen molar-refractivity contribution in [3.05, 3.63) is 24.3 Å². The van der Waals surface area contributed by atoms with E-state index in [2.05, 4.69) is 31.3 Å². The molecule has 0 aliphatic rings. The maximum absolute atomic E-state index is 13.0. The largest absolute Gasteiger partial charge is 0.756 e. The maximum atomic E-state index is 13.0. The number of hydrogen-bond acceptors (Lipinski definition) is 6. The molecule has 0 spiro atoms. The highest BCUT2D eigenvalue weighted by Crippen LogP contribution is 2.38. The van der Waals surface area contributed by atoms with Crippen molar-refractivity contribution >= 4 is 13.7 Å². The third-order valence-electron chi connectivity index (χ3n) is 14.9. The van der Waals surface area contributed by atoms with Crippen molar-refractivity contribution in [2.24, 2.45) is 0 Å². The van der Waals surface area contributed by atoms with Gasteiger partial charge in [0.1, 0.15) is 13.2 Å². The molecule has 9 heteroatoms. The minimum absolute atomic E-state index is 0.00165. The predicted molar refractivity (Wildman–Crippen MR) is 316 cm³/mol. The van der Waals surface area contributed by atoms with E-state index in [-0.39, 0.29) is 19.1 Å². The van der Waals surface area contributed by atoms with Gasteiger partial charge in [0.2, 0.25) is 5.91 Å². The van der Waals surface area contributed by atoms with Gasteiger partial charge in [-0.15, -0.1) is 0 Å². The van der Waals surface area contributed by atoms with Crippen LogP contribution in [-0.4, -0.2) is 68.5 Å². The van der Waals surface area contributed by atoms with Gasteiger partial charge in [-0.1, -0.05) is 301 Å². The zero-order valence-electron chi connectivity index (χ0n) is 49.6. The molecule has 3 atom stereocenters. The first-order valence-corrected chi connectivity index (χ1v) is 33.7. The fourth-order valence-electron chi connectivity index (χ4n) is 9.86. The normalized spacial score (nSPS) is 13.9. The molecule has 73 heavy (non-hydrogen) atoms. The molecule has 1 amide bonds. The summed E-state index contributed by atoms with van der Waals surface area (Å²) in [5.41, 5.74) is 0. The van der Waals surface area contributed by atoms with E-state index in [9.17, 15) is 19.4 Å². The molecule has 0 aliphatic carbocycles. The summed E-state index contributed by atoms with van der Waals surface area (Å²) in [5, 5.41) is 13.9. The highest BCUT2D eigenvalue weighted by atomic mass is 31.2. The molecular formula is C64H127N2O6P. The molecule has 0 bridgehead atoms. The first-order valence-electron chi connectivity index (χ1n) is 32.2. The summed E-state index contributed by atoms with van der Waals surface area (Å²) < 4.78 is 23.4. The summed E-state index contributed by atoms with van der Waals surface area (Å²) in [5.74, 6) is -0.190. The van der Waals surface area contributed by atoms with Crippen LogP contribution in [-0.2, 0) is 18.4 Å². The highest BCUT2D eigenvalue weighted by Gasteiger charge is 2.23. The summed E-state index contributed by atoms with van der Waals surface area (Å²) in [7, 11) is 1.28. The van der Waals surface area contributed by atoms with Crippen molar-refractivity contribution in [1.29, 1.82) is 0 Å². The highest BCUT2D eigenvalue weighted by molar-refractivity contribution is 7.45. The van der Waals surface area contributed by atoms with Crippen LogP contribution in [0.15, 0.2) is 24.3 Å². The Morgan fingerprint density at radius 1 is 0.466 bits per heavy atom. The molecular weight excluding hydrogens is 924 g/mol. The lowest BCUT2D eigenvalue weighted by Gasteiger charge is -2.29. The van der Waals surface area contributed by atoms with Crippen LogP contribution in [0.3, 0.4) is 0 Å². The van der Waals surface area contributed by atoms with E-state index in [0.29, 0.717) is 17.4 Å². The molecule has 0 rings (SSSR count). The molecule has 3 unspecified atom stereocenters. The quantitative estimate of drug-likeness (QED) is 0.0272. The zero-order valence-corrected chi connectivity index (χ0v) is 50.5. The maximum Gasteiger partial charge on any atom is 0.268 e. The number of unbranched alkanes of at least 4 members (excludes halogenated alkanes) is 45. The number of allylic oxidation sites excluding steroid dienone is 3. The molecule has 0 heterocycles. The van der Waals surface area contributed by atoms with Crippen LogP contribution in [0.5, 0.6) is 0 Å². The van der Waals surface area contributed by atoms with E-state index in [4.69, 9.17) is 9.05 Å². The van der Waals surface area contributed by atoms with Crippen LogP contribution in [0.1, 0.15) is 328 Å². The summed E-state index contributed by atoms with van der Waals surface area (Å²) in [6, 6.07) is -0.885. The molecule has 0 radical (unpaired) electrons. The summed E-state index contributed by atoms with van der Waals surface area (Å²) in [4.78, 5) is 25.6. The van der Waals surface area contributed by atoms with E-state index in [1.807, 2.05) is 27.2 Å². The number of amides is 1. The second kappa shape index (κ2) is 55.7. The predicted octanol–water partition coefficient (Wildman–Crippen LogP) is 19.3. The van der Waals surface area contributed by atoms with Crippen LogP contribution in [0.25, 0.3) is 0 Å². The number of phosphoric ester groups is 1. The minimum Gasteiger partial charge on any atom is -0.756 e. The molecule has 434 valence electrons. The number of aliphatic hydroxyl groups is 1. The number of carbonyl (C=O) groups is 1. The lowest BCUT2D eigenvalue weighted by molar-refractivity contribution is -0.870. The first-order chi connectivity index (χ1) is 35.5. The van der Waals surface area contributed by atoms with Crippen molar-refractivity contribution in [2.75, 3.05) is 40.9 Å². The Labute approximate surface area is 455 Å². The number of rotatable bonds is 60. The van der Waals surface area contributed by atoms with E-state index in [1.54, 1.807) is 6.08 Å². The Balaban J connectivity index is 4.09. The molecule has 0 fully saturated rings. The van der Waals surface area contributed by atoms with Crippen molar-refractivity contribution in [3.8, 4) is 0 Å². The lowest BCUT2D eigenvalue weighted by Crippen LogP contribution is -2.45. The van der Waals surface area contributed by atoms with Crippen LogP contribution >= 0.6 is 7.82 Å². The smallest absolute Gasteiger partial charge is 0.268 e. The van der Waals surface area contributed by atoms with Gasteiger partial charge in [0.25, 0.3) is 7.82 Å². The monoisotopic (exact) mass is 1050 g/mol. The summed E-state index contributed by atoms with van der Waals surface area (Å²) in [6.45, 7) is 4.70. The Morgan fingerprint density at radius 3 is 1.07 bits per heavy atom. The Bertz CT molecular complexity index is 1240. The number of nitrogens with one attached hydrogen (secondary N) is 1. The second-order valence-corrected chi connectivity index (χ2v) is 24.9. The Kier molecular flexibility index (Phi) is 54.9. The minimum atomic E-state index is -4.60. The molecule has 0 aliphatic heterocycles. The van der Waals surface area contributed by atoms with Gasteiger partial charge in [0.05, 0.1) is 39.9 Å². The second-order valence-electron chi connectivity index (χ2n) is 23.5. The third kappa shape index (κ3) is 58.5. The van der Waals surface area contributed by atoms with Crippen molar-refractivity contribution in [2.45, 2.75) is 341 Å². The number of hydrogen-bond donors (Lipinski definition) is 2. The van der Waals surface area contributed by atoms with Gasteiger partial charge in [0.15, 0.2) is 0 Å². The first kappa shape index (κ1) is 72.0. The Morgan fingerprint density at radius 2 is 0.753 bits per heavy atom. The van der Waals surface area contributed by atoms with E-state index in [1.165, 1.54) is 270 Å². The van der Waals surface area contributed by atoms with Gasteiger partial charge in [0, 0.05) is 6.42 Å². The summed E-state index contributed by atoms with van der Waals surface area (Å²) >= 11 is 0. The number of aliphatic hydroxyl groups excluding tert-OH is 1. The number of nitrogens with zero attached hydrogens (tertiary/aromatic N) is 1. The van der Waals surface area contributed by atoms with Gasteiger partial charge >= 0.3 is 0 Å². The fourth-order valence-corrected chi connectivity index (χ4v) is 10.6. The SMILES string of the molecule is CCCCCCCCCC/C=C\CCCCCCCCCCCCCCCCCCCC(=O)NC(COP(=O)([O-])OCC[N+](C)(C)C)C(O)/C=C/CCCCCCCCCCCCCCCCCCCCCC. The molecule has 0 aromatic rings. The van der Waals surface area contributed by atoms with Gasteiger partial charge < -0.3 is 28.8 Å². The number of phosphoric acid groups is 1. The van der Waals surface area contributed by atoms with Crippen molar-refractivity contribution in [3.63, 3.8) is 0 Å². The van der Waals surface area contributed by atoms with Crippen molar-refractivity contribution < 1.29 is 32.9 Å². The van der Waals surface area contributed by atoms with E-state index in [0.717, 1.165) is 38.5 Å². The summed E-state index contributed by atoms with van der Waals surface area (Å²) in [6.07, 6.45) is 71.3. The Hall–Kier alpha value is -1.02. The van der Waals surface area contributed by atoms with Gasteiger partial charge in [-0.05, 0) is 44.9 Å². The molecule has 0 saturated carbocycles. The van der Waals surface area contributed by atoms with Gasteiger partial charge in [-0.2, -0.15) is 0 Å². The fraction of sp³-hybridized carbons (Fsp3) is 0.922. The standard InChI is InChI=1S/C64H127N2O6P/c1-6-8-10-12-14-16-18-20-22-24-26-28-30-31-32-33-34-35-36-38-40-42-44-46-48-50-52-54-56-58-64(68)65-62(61-72-73(69,70)71-60-59-66(3,4)5)63(67)57-55-53-51-49-47-45-43-41-39-37-29-27-25-23-21-19-17-15-13-11-9-7-2/h24,26,55,57,62-63,67H,6-23,25,27-54,56,58-61H2,1-5H3,(H-,65,68,69,70)/b26-24-,57-55+. The molecule has 0 aromatic heterocycles. The molecule has 0 saturated heterocycles.